The lowest BCUT2D eigenvalue weighted by molar-refractivity contribution is -0.132. The molecule has 0 spiro atoms. The van der Waals surface area contributed by atoms with Crippen molar-refractivity contribution >= 4 is 55.8 Å². The van der Waals surface area contributed by atoms with E-state index in [0.717, 1.165) is 0 Å². The predicted octanol–water partition coefficient (Wildman–Crippen LogP) is 4.48. The van der Waals surface area contributed by atoms with E-state index in [9.17, 15) is 9.59 Å². The van der Waals surface area contributed by atoms with E-state index in [0.29, 0.717) is 26.2 Å². The number of cyclic esters (lactones) is 1. The Kier molecular flexibility index (Phi) is 5.10. The molecular formula is C16H15Br2NO4. The Morgan fingerprint density at radius 2 is 1.83 bits per heavy atom. The molecule has 0 unspecified atom stereocenters. The molecule has 0 fully saturated rings. The minimum Gasteiger partial charge on any atom is -0.424 e. The smallest absolute Gasteiger partial charge is 0.363 e. The fourth-order valence-electron chi connectivity index (χ4n) is 1.79. The molecule has 1 heterocycles. The third kappa shape index (κ3) is 4.29. The van der Waals surface area contributed by atoms with Gasteiger partial charge in [-0.25, -0.2) is 9.79 Å². The van der Waals surface area contributed by atoms with E-state index in [1.165, 1.54) is 6.92 Å². The van der Waals surface area contributed by atoms with Gasteiger partial charge >= 0.3 is 11.9 Å². The van der Waals surface area contributed by atoms with E-state index >= 15 is 0 Å². The topological polar surface area (TPSA) is 65.0 Å². The van der Waals surface area contributed by atoms with Crippen LogP contribution in [0.5, 0.6) is 5.75 Å². The second-order valence-corrected chi connectivity index (χ2v) is 7.70. The number of hydrogen-bond acceptors (Lipinski definition) is 5. The average molecular weight is 445 g/mol. The lowest BCUT2D eigenvalue weighted by atomic mass is 9.97. The summed E-state index contributed by atoms with van der Waals surface area (Å²) in [6.07, 6.45) is 1.62. The Hall–Kier alpha value is -1.47. The van der Waals surface area contributed by atoms with Crippen LogP contribution in [0.4, 0.5) is 0 Å². The highest BCUT2D eigenvalue weighted by Gasteiger charge is 2.31. The van der Waals surface area contributed by atoms with Gasteiger partial charge in [0, 0.05) is 12.3 Å². The maximum atomic E-state index is 11.9. The molecule has 122 valence electrons. The van der Waals surface area contributed by atoms with Crippen LogP contribution in [0.1, 0.15) is 33.3 Å². The summed E-state index contributed by atoms with van der Waals surface area (Å²) in [5.74, 6) is -0.126. The maximum absolute atomic E-state index is 11.9. The van der Waals surface area contributed by atoms with E-state index in [2.05, 4.69) is 36.9 Å². The van der Waals surface area contributed by atoms with Crippen molar-refractivity contribution in [2.75, 3.05) is 0 Å². The highest BCUT2D eigenvalue weighted by Crippen LogP contribution is 2.36. The third-order valence-electron chi connectivity index (χ3n) is 2.83. The van der Waals surface area contributed by atoms with Gasteiger partial charge in [0.1, 0.15) is 0 Å². The van der Waals surface area contributed by atoms with Crippen molar-refractivity contribution in [1.29, 1.82) is 0 Å². The molecule has 1 aromatic carbocycles. The summed E-state index contributed by atoms with van der Waals surface area (Å²) in [6.45, 7) is 7.08. The number of ether oxygens (including phenoxy) is 2. The quantitative estimate of drug-likeness (QED) is 0.383. The van der Waals surface area contributed by atoms with Crippen molar-refractivity contribution in [2.45, 2.75) is 27.7 Å². The Morgan fingerprint density at radius 1 is 1.26 bits per heavy atom. The molecule has 23 heavy (non-hydrogen) atoms. The average Bonchev–Trinajstić information content (AvgIpc) is 2.75. The molecule has 2 rings (SSSR count). The summed E-state index contributed by atoms with van der Waals surface area (Å²) >= 11 is 6.69. The first-order chi connectivity index (χ1) is 10.6. The molecule has 0 aliphatic carbocycles. The van der Waals surface area contributed by atoms with E-state index in [4.69, 9.17) is 9.47 Å². The van der Waals surface area contributed by atoms with E-state index < -0.39 is 11.9 Å². The number of benzene rings is 1. The van der Waals surface area contributed by atoms with Gasteiger partial charge < -0.3 is 9.47 Å². The van der Waals surface area contributed by atoms with Crippen molar-refractivity contribution in [3.63, 3.8) is 0 Å². The summed E-state index contributed by atoms with van der Waals surface area (Å²) in [7, 11) is 0. The van der Waals surface area contributed by atoms with Crippen LogP contribution in [0, 0.1) is 5.41 Å². The Morgan fingerprint density at radius 3 is 2.26 bits per heavy atom. The number of rotatable bonds is 2. The fourth-order valence-corrected chi connectivity index (χ4v) is 3.18. The van der Waals surface area contributed by atoms with Crippen LogP contribution < -0.4 is 4.74 Å². The molecule has 0 saturated heterocycles. The van der Waals surface area contributed by atoms with Crippen LogP contribution in [-0.2, 0) is 14.3 Å². The summed E-state index contributed by atoms with van der Waals surface area (Å²) in [5.41, 5.74) is 0.602. The lowest BCUT2D eigenvalue weighted by Gasteiger charge is -2.15. The SMILES string of the molecule is CC(=O)Oc1c(Br)cc(/C=C2/N=C(C(C)(C)C)OC2=O)cc1Br. The summed E-state index contributed by atoms with van der Waals surface area (Å²) in [4.78, 5) is 27.3. The number of hydrogen-bond donors (Lipinski definition) is 0. The molecule has 0 aromatic heterocycles. The van der Waals surface area contributed by atoms with Gasteiger partial charge in [-0.2, -0.15) is 0 Å². The molecule has 0 atom stereocenters. The fraction of sp³-hybridized carbons (Fsp3) is 0.312. The molecule has 0 bridgehead atoms. The number of nitrogens with zero attached hydrogens (tertiary/aromatic N) is 1. The zero-order valence-corrected chi connectivity index (χ0v) is 16.2. The summed E-state index contributed by atoms with van der Waals surface area (Å²) < 4.78 is 11.5. The standard InChI is InChI=1S/C16H15Br2NO4/c1-8(20)22-13-10(17)5-9(6-11(13)18)7-12-14(21)23-15(19-12)16(2,3)4/h5-7H,1-4H3/b12-7+. The molecule has 0 amide bonds. The lowest BCUT2D eigenvalue weighted by Crippen LogP contribution is -2.21. The van der Waals surface area contributed by atoms with Crippen LogP contribution in [0.25, 0.3) is 6.08 Å². The first kappa shape index (κ1) is 17.9. The summed E-state index contributed by atoms with van der Waals surface area (Å²) in [6, 6.07) is 3.46. The van der Waals surface area contributed by atoms with Crippen molar-refractivity contribution < 1.29 is 19.1 Å². The molecule has 5 nitrogen and oxygen atoms in total. The zero-order valence-electron chi connectivity index (χ0n) is 13.1. The largest absolute Gasteiger partial charge is 0.424 e. The van der Waals surface area contributed by atoms with Crippen molar-refractivity contribution in [3.05, 3.63) is 32.3 Å². The highest BCUT2D eigenvalue weighted by molar-refractivity contribution is 9.11. The van der Waals surface area contributed by atoms with Gasteiger partial charge in [0.2, 0.25) is 5.90 Å². The molecular weight excluding hydrogens is 430 g/mol. The third-order valence-corrected chi connectivity index (χ3v) is 4.01. The monoisotopic (exact) mass is 443 g/mol. The number of carbonyl (C=O) groups is 2. The zero-order chi connectivity index (χ0) is 17.4. The second-order valence-electron chi connectivity index (χ2n) is 5.99. The van der Waals surface area contributed by atoms with Crippen molar-refractivity contribution in [2.24, 2.45) is 10.4 Å². The maximum Gasteiger partial charge on any atom is 0.363 e. The van der Waals surface area contributed by atoms with E-state index in [-0.39, 0.29) is 11.1 Å². The molecule has 0 radical (unpaired) electrons. The van der Waals surface area contributed by atoms with Gasteiger partial charge in [-0.15, -0.1) is 0 Å². The minimum absolute atomic E-state index is 0.231. The van der Waals surface area contributed by atoms with Crippen LogP contribution >= 0.6 is 31.9 Å². The van der Waals surface area contributed by atoms with Gasteiger partial charge in [0.25, 0.3) is 0 Å². The van der Waals surface area contributed by atoms with E-state index in [1.807, 2.05) is 20.8 Å². The van der Waals surface area contributed by atoms with Crippen LogP contribution in [0.2, 0.25) is 0 Å². The van der Waals surface area contributed by atoms with Crippen molar-refractivity contribution in [3.8, 4) is 5.75 Å². The number of aliphatic imine (C=N–C) groups is 1. The second kappa shape index (κ2) is 6.57. The Labute approximate surface area is 151 Å². The predicted molar refractivity (Wildman–Crippen MR) is 94.1 cm³/mol. The van der Waals surface area contributed by atoms with Crippen molar-refractivity contribution in [1.82, 2.24) is 0 Å². The summed E-state index contributed by atoms with van der Waals surface area (Å²) in [5, 5.41) is 0. The Bertz CT molecular complexity index is 722. The van der Waals surface area contributed by atoms with Crippen LogP contribution in [0.15, 0.2) is 31.8 Å². The first-order valence-corrected chi connectivity index (χ1v) is 8.37. The van der Waals surface area contributed by atoms with Crippen LogP contribution in [0.3, 0.4) is 0 Å². The minimum atomic E-state index is -0.480. The molecule has 1 aromatic rings. The Balaban J connectivity index is 2.39. The number of carbonyl (C=O) groups excluding carboxylic acids is 2. The van der Waals surface area contributed by atoms with Gasteiger partial charge in [-0.1, -0.05) is 20.8 Å². The molecule has 1 aliphatic rings. The van der Waals surface area contributed by atoms with E-state index in [1.54, 1.807) is 18.2 Å². The van der Waals surface area contributed by atoms with Gasteiger partial charge in [-0.3, -0.25) is 4.79 Å². The number of esters is 2. The van der Waals surface area contributed by atoms with Gasteiger partial charge in [-0.05, 0) is 55.6 Å². The highest BCUT2D eigenvalue weighted by atomic mass is 79.9. The van der Waals surface area contributed by atoms with Gasteiger partial charge in [0.15, 0.2) is 11.4 Å². The first-order valence-electron chi connectivity index (χ1n) is 6.78. The molecule has 0 saturated carbocycles. The molecule has 0 N–H and O–H groups in total. The number of halogens is 2. The molecule has 1 aliphatic heterocycles. The molecule has 7 heteroatoms. The van der Waals surface area contributed by atoms with Crippen LogP contribution in [-0.4, -0.2) is 17.8 Å². The van der Waals surface area contributed by atoms with Gasteiger partial charge in [0.05, 0.1) is 8.95 Å². The normalized spacial score (nSPS) is 16.3.